The maximum absolute atomic E-state index is 12.7. The van der Waals surface area contributed by atoms with Crippen molar-refractivity contribution in [1.82, 2.24) is 15.1 Å². The number of nitrogens with zero attached hydrogens (tertiary/aromatic N) is 2. The fourth-order valence-corrected chi connectivity index (χ4v) is 3.91. The van der Waals surface area contributed by atoms with Gasteiger partial charge in [-0.3, -0.25) is 9.59 Å². The first kappa shape index (κ1) is 23.5. The summed E-state index contributed by atoms with van der Waals surface area (Å²) >= 11 is 6.36. The van der Waals surface area contributed by atoms with Crippen LogP contribution in [0.4, 0.5) is 0 Å². The molecule has 9 nitrogen and oxygen atoms in total. The highest BCUT2D eigenvalue weighted by Gasteiger charge is 2.23. The molecule has 3 rings (SSSR count). The Morgan fingerprint density at radius 2 is 1.81 bits per heavy atom. The minimum atomic E-state index is -3.86. The number of benzene rings is 2. The standard InChI is InChI=1S/C21H21ClN4O5S/c1-13-19(21(29)24-12-4-7-18(27)28)25-26(17-6-3-2-5-16(17)22)20(13)14-8-10-15(11-9-14)32(23,30)31/h2-3,5-6,8-11H,4,7,12H2,1H3,(H,24,29)(H,27,28)(H2,23,30,31). The number of carbonyl (C=O) groups excluding carboxylic acids is 1. The van der Waals surface area contributed by atoms with Crippen LogP contribution in [0.5, 0.6) is 0 Å². The van der Waals surface area contributed by atoms with Crippen LogP contribution < -0.4 is 10.5 Å². The van der Waals surface area contributed by atoms with Crippen LogP contribution in [0.25, 0.3) is 16.9 Å². The van der Waals surface area contributed by atoms with E-state index in [9.17, 15) is 18.0 Å². The number of nitrogens with two attached hydrogens (primary N) is 1. The summed E-state index contributed by atoms with van der Waals surface area (Å²) in [5, 5.41) is 21.5. The van der Waals surface area contributed by atoms with Crippen LogP contribution in [0.1, 0.15) is 28.9 Å². The first-order valence-corrected chi connectivity index (χ1v) is 11.5. The Hall–Kier alpha value is -3.21. The number of sulfonamides is 1. The third kappa shape index (κ3) is 5.16. The Morgan fingerprint density at radius 1 is 1.16 bits per heavy atom. The van der Waals surface area contributed by atoms with Crippen LogP contribution in [0.15, 0.2) is 53.4 Å². The van der Waals surface area contributed by atoms with E-state index < -0.39 is 21.9 Å². The van der Waals surface area contributed by atoms with E-state index in [0.29, 0.717) is 27.5 Å². The van der Waals surface area contributed by atoms with E-state index >= 15 is 0 Å². The van der Waals surface area contributed by atoms with Crippen molar-refractivity contribution in [3.63, 3.8) is 0 Å². The van der Waals surface area contributed by atoms with E-state index in [2.05, 4.69) is 10.4 Å². The summed E-state index contributed by atoms with van der Waals surface area (Å²) in [4.78, 5) is 23.4. The molecule has 0 aliphatic carbocycles. The van der Waals surface area contributed by atoms with Crippen molar-refractivity contribution < 1.29 is 23.1 Å². The molecule has 1 amide bonds. The Bertz CT molecular complexity index is 1270. The topological polar surface area (TPSA) is 144 Å². The van der Waals surface area contributed by atoms with E-state index in [0.717, 1.165) is 0 Å². The summed E-state index contributed by atoms with van der Waals surface area (Å²) in [5.74, 6) is -1.40. The molecule has 0 aliphatic heterocycles. The average Bonchev–Trinajstić information content (AvgIpc) is 3.07. The zero-order chi connectivity index (χ0) is 23.5. The van der Waals surface area contributed by atoms with Gasteiger partial charge in [0.25, 0.3) is 5.91 Å². The number of nitrogens with one attached hydrogen (secondary N) is 1. The molecule has 0 unspecified atom stereocenters. The van der Waals surface area contributed by atoms with E-state index in [4.69, 9.17) is 21.8 Å². The minimum absolute atomic E-state index is 0.0425. The number of rotatable bonds is 8. The molecule has 168 valence electrons. The van der Waals surface area contributed by atoms with Crippen LogP contribution in [-0.4, -0.2) is 41.7 Å². The average molecular weight is 477 g/mol. The van der Waals surface area contributed by atoms with E-state index in [1.54, 1.807) is 43.3 Å². The fraction of sp³-hybridized carbons (Fsp3) is 0.190. The molecule has 3 aromatic rings. The number of aliphatic carboxylic acids is 1. The normalized spacial score (nSPS) is 11.3. The molecule has 0 saturated carbocycles. The van der Waals surface area contributed by atoms with Gasteiger partial charge in [-0.1, -0.05) is 35.9 Å². The van der Waals surface area contributed by atoms with Gasteiger partial charge < -0.3 is 10.4 Å². The molecule has 0 radical (unpaired) electrons. The molecule has 0 atom stereocenters. The van der Waals surface area contributed by atoms with Crippen molar-refractivity contribution in [3.8, 4) is 16.9 Å². The van der Waals surface area contributed by atoms with Crippen molar-refractivity contribution >= 4 is 33.5 Å². The van der Waals surface area contributed by atoms with E-state index in [1.807, 2.05) is 0 Å². The second-order valence-electron chi connectivity index (χ2n) is 7.01. The van der Waals surface area contributed by atoms with E-state index in [1.165, 1.54) is 16.8 Å². The maximum Gasteiger partial charge on any atom is 0.303 e. The molecule has 11 heteroatoms. The number of amides is 1. The first-order chi connectivity index (χ1) is 15.1. The summed E-state index contributed by atoms with van der Waals surface area (Å²) in [6.45, 7) is 1.90. The molecule has 0 saturated heterocycles. The molecule has 0 bridgehead atoms. The summed E-state index contributed by atoms with van der Waals surface area (Å²) in [6.07, 6.45) is 0.224. The maximum atomic E-state index is 12.7. The highest BCUT2D eigenvalue weighted by Crippen LogP contribution is 2.32. The predicted molar refractivity (Wildman–Crippen MR) is 119 cm³/mol. The van der Waals surface area contributed by atoms with Gasteiger partial charge in [0.15, 0.2) is 5.69 Å². The van der Waals surface area contributed by atoms with Crippen molar-refractivity contribution in [1.29, 1.82) is 0 Å². The third-order valence-corrected chi connectivity index (χ3v) is 5.98. The van der Waals surface area contributed by atoms with Crippen molar-refractivity contribution in [2.24, 2.45) is 5.14 Å². The number of para-hydroxylation sites is 1. The van der Waals surface area contributed by atoms with Crippen LogP contribution >= 0.6 is 11.6 Å². The van der Waals surface area contributed by atoms with Crippen LogP contribution in [0.3, 0.4) is 0 Å². The molecule has 4 N–H and O–H groups in total. The quantitative estimate of drug-likeness (QED) is 0.426. The lowest BCUT2D eigenvalue weighted by molar-refractivity contribution is -0.137. The van der Waals surface area contributed by atoms with Gasteiger partial charge in [-0.15, -0.1) is 0 Å². The summed E-state index contributed by atoms with van der Waals surface area (Å²) < 4.78 is 24.7. The Balaban J connectivity index is 2.06. The Labute approximate surface area is 189 Å². The highest BCUT2D eigenvalue weighted by atomic mass is 35.5. The number of primary sulfonamides is 1. The molecule has 1 aromatic heterocycles. The number of carboxylic acid groups (broad SMARTS) is 1. The molecular weight excluding hydrogens is 456 g/mol. The Morgan fingerprint density at radius 3 is 2.41 bits per heavy atom. The summed E-state index contributed by atoms with van der Waals surface area (Å²) in [7, 11) is -3.86. The van der Waals surface area contributed by atoms with Gasteiger partial charge in [0.1, 0.15) is 0 Å². The predicted octanol–water partition coefficient (Wildman–Crippen LogP) is 2.74. The largest absolute Gasteiger partial charge is 0.481 e. The number of carbonyl (C=O) groups is 2. The van der Waals surface area contributed by atoms with Crippen LogP contribution in [-0.2, 0) is 14.8 Å². The second-order valence-corrected chi connectivity index (χ2v) is 8.98. The lowest BCUT2D eigenvalue weighted by Crippen LogP contribution is -2.26. The monoisotopic (exact) mass is 476 g/mol. The lowest BCUT2D eigenvalue weighted by Gasteiger charge is -2.10. The zero-order valence-electron chi connectivity index (χ0n) is 17.1. The third-order valence-electron chi connectivity index (χ3n) is 4.73. The van der Waals surface area contributed by atoms with Gasteiger partial charge in [0.2, 0.25) is 10.0 Å². The SMILES string of the molecule is Cc1c(C(=O)NCCCC(=O)O)nn(-c2ccccc2Cl)c1-c1ccc(S(N)(=O)=O)cc1. The fourth-order valence-electron chi connectivity index (χ4n) is 3.18. The number of carboxylic acids is 1. The molecule has 32 heavy (non-hydrogen) atoms. The first-order valence-electron chi connectivity index (χ1n) is 9.57. The van der Waals surface area contributed by atoms with Crippen molar-refractivity contribution in [2.45, 2.75) is 24.7 Å². The molecular formula is C21H21ClN4O5S. The van der Waals surface area contributed by atoms with Gasteiger partial charge in [0, 0.05) is 24.1 Å². The zero-order valence-corrected chi connectivity index (χ0v) is 18.7. The van der Waals surface area contributed by atoms with Gasteiger partial charge >= 0.3 is 5.97 Å². The summed E-state index contributed by atoms with van der Waals surface area (Å²) in [6, 6.07) is 12.9. The lowest BCUT2D eigenvalue weighted by atomic mass is 10.1. The number of aromatic nitrogens is 2. The van der Waals surface area contributed by atoms with Crippen molar-refractivity contribution in [2.75, 3.05) is 6.54 Å². The van der Waals surface area contributed by atoms with Crippen molar-refractivity contribution in [3.05, 3.63) is 64.8 Å². The number of hydrogen-bond donors (Lipinski definition) is 3. The van der Waals surface area contributed by atoms with Crippen LogP contribution in [0.2, 0.25) is 5.02 Å². The summed E-state index contributed by atoms with van der Waals surface area (Å²) in [5.41, 5.74) is 2.38. The van der Waals surface area contributed by atoms with Gasteiger partial charge in [-0.2, -0.15) is 5.10 Å². The molecule has 0 aliphatic rings. The molecule has 0 fully saturated rings. The molecule has 0 spiro atoms. The molecule has 2 aromatic carbocycles. The minimum Gasteiger partial charge on any atom is -0.481 e. The smallest absolute Gasteiger partial charge is 0.303 e. The number of halogens is 1. The van der Waals surface area contributed by atoms with Gasteiger partial charge in [-0.05, 0) is 37.6 Å². The van der Waals surface area contributed by atoms with Crippen LogP contribution in [0, 0.1) is 6.92 Å². The van der Waals surface area contributed by atoms with Gasteiger partial charge in [-0.25, -0.2) is 18.2 Å². The Kier molecular flexibility index (Phi) is 6.97. The van der Waals surface area contributed by atoms with E-state index in [-0.39, 0.29) is 30.0 Å². The highest BCUT2D eigenvalue weighted by molar-refractivity contribution is 7.89. The molecule has 1 heterocycles. The van der Waals surface area contributed by atoms with Gasteiger partial charge in [0.05, 0.1) is 21.3 Å². The second kappa shape index (κ2) is 9.51. The number of hydrogen-bond acceptors (Lipinski definition) is 5.